The number of fused-ring (bicyclic) bond motifs is 1. The zero-order valence-electron chi connectivity index (χ0n) is 14.1. The molecule has 0 heterocycles. The van der Waals surface area contributed by atoms with Gasteiger partial charge in [0, 0.05) is 6.54 Å². The van der Waals surface area contributed by atoms with Crippen molar-refractivity contribution in [1.82, 2.24) is 4.90 Å². The topological polar surface area (TPSA) is 32.3 Å². The van der Waals surface area contributed by atoms with Crippen LogP contribution in [0.1, 0.15) is 5.56 Å². The van der Waals surface area contributed by atoms with Gasteiger partial charge in [0.1, 0.15) is 0 Å². The standard InChI is InChI=1S/C20H17F3N2O/c1-25(11-14-7-4-6-13-5-2-3-8-15(13)14)12-18(26)24-17-10-9-16(21)19(22)20(17)23/h2-10H,11-12H2,1H3,(H,24,26). The molecule has 0 bridgehead atoms. The molecule has 0 unspecified atom stereocenters. The van der Waals surface area contributed by atoms with Gasteiger partial charge in [0.2, 0.25) is 5.91 Å². The largest absolute Gasteiger partial charge is 0.322 e. The van der Waals surface area contributed by atoms with Crippen LogP contribution >= 0.6 is 0 Å². The molecule has 6 heteroatoms. The molecular formula is C20H17F3N2O. The molecule has 134 valence electrons. The van der Waals surface area contributed by atoms with E-state index in [4.69, 9.17) is 0 Å². The lowest BCUT2D eigenvalue weighted by molar-refractivity contribution is -0.117. The Morgan fingerprint density at radius 3 is 2.50 bits per heavy atom. The van der Waals surface area contributed by atoms with Gasteiger partial charge in [-0.15, -0.1) is 0 Å². The second-order valence-electron chi connectivity index (χ2n) is 6.08. The first-order chi connectivity index (χ1) is 12.5. The van der Waals surface area contributed by atoms with Crippen LogP contribution in [0.3, 0.4) is 0 Å². The van der Waals surface area contributed by atoms with Crippen molar-refractivity contribution in [2.45, 2.75) is 6.54 Å². The molecule has 0 aromatic heterocycles. The van der Waals surface area contributed by atoms with Crippen LogP contribution < -0.4 is 5.32 Å². The number of hydrogen-bond acceptors (Lipinski definition) is 2. The Bertz CT molecular complexity index is 954. The lowest BCUT2D eigenvalue weighted by Gasteiger charge is -2.18. The Balaban J connectivity index is 1.67. The lowest BCUT2D eigenvalue weighted by Crippen LogP contribution is -2.30. The third-order valence-corrected chi connectivity index (χ3v) is 4.04. The number of likely N-dealkylation sites (N-methyl/N-ethyl adjacent to an activating group) is 1. The van der Waals surface area contributed by atoms with E-state index in [1.54, 1.807) is 11.9 Å². The van der Waals surface area contributed by atoms with E-state index >= 15 is 0 Å². The second-order valence-corrected chi connectivity index (χ2v) is 6.08. The van der Waals surface area contributed by atoms with Gasteiger partial charge in [-0.3, -0.25) is 9.69 Å². The fraction of sp³-hybridized carbons (Fsp3) is 0.150. The first kappa shape index (κ1) is 17.9. The molecule has 3 aromatic rings. The Morgan fingerprint density at radius 1 is 0.962 bits per heavy atom. The minimum atomic E-state index is -1.60. The zero-order chi connectivity index (χ0) is 18.7. The van der Waals surface area contributed by atoms with E-state index in [2.05, 4.69) is 5.32 Å². The van der Waals surface area contributed by atoms with Gasteiger partial charge in [-0.05, 0) is 35.5 Å². The van der Waals surface area contributed by atoms with Gasteiger partial charge in [0.15, 0.2) is 17.5 Å². The number of nitrogens with zero attached hydrogens (tertiary/aromatic N) is 1. The maximum atomic E-state index is 13.6. The van der Waals surface area contributed by atoms with Gasteiger partial charge >= 0.3 is 0 Å². The number of nitrogens with one attached hydrogen (secondary N) is 1. The molecule has 1 N–H and O–H groups in total. The Kier molecular flexibility index (Phi) is 5.23. The Hall–Kier alpha value is -2.86. The van der Waals surface area contributed by atoms with Crippen LogP contribution in [-0.4, -0.2) is 24.4 Å². The first-order valence-corrected chi connectivity index (χ1v) is 8.04. The normalized spacial score (nSPS) is 11.1. The average molecular weight is 358 g/mol. The zero-order valence-corrected chi connectivity index (χ0v) is 14.1. The number of rotatable bonds is 5. The summed E-state index contributed by atoms with van der Waals surface area (Å²) >= 11 is 0. The fourth-order valence-corrected chi connectivity index (χ4v) is 2.83. The van der Waals surface area contributed by atoms with Crippen molar-refractivity contribution in [1.29, 1.82) is 0 Å². The molecule has 0 aliphatic carbocycles. The molecule has 0 aliphatic heterocycles. The van der Waals surface area contributed by atoms with Crippen molar-refractivity contribution in [3.05, 3.63) is 77.6 Å². The van der Waals surface area contributed by atoms with Crippen LogP contribution in [0.5, 0.6) is 0 Å². The van der Waals surface area contributed by atoms with Crippen LogP contribution in [0.4, 0.5) is 18.9 Å². The van der Waals surface area contributed by atoms with E-state index in [1.165, 1.54) is 0 Å². The van der Waals surface area contributed by atoms with Gasteiger partial charge in [-0.1, -0.05) is 42.5 Å². The first-order valence-electron chi connectivity index (χ1n) is 8.04. The summed E-state index contributed by atoms with van der Waals surface area (Å²) < 4.78 is 39.8. The molecule has 0 saturated heterocycles. The van der Waals surface area contributed by atoms with E-state index in [9.17, 15) is 18.0 Å². The highest BCUT2D eigenvalue weighted by atomic mass is 19.2. The number of hydrogen-bond donors (Lipinski definition) is 1. The van der Waals surface area contributed by atoms with Crippen molar-refractivity contribution < 1.29 is 18.0 Å². The smallest absolute Gasteiger partial charge is 0.238 e. The second kappa shape index (κ2) is 7.58. The molecule has 0 saturated carbocycles. The quantitative estimate of drug-likeness (QED) is 0.689. The predicted molar refractivity (Wildman–Crippen MR) is 95.2 cm³/mol. The van der Waals surface area contributed by atoms with Crippen molar-refractivity contribution in [3.8, 4) is 0 Å². The monoisotopic (exact) mass is 358 g/mol. The molecule has 1 amide bonds. The lowest BCUT2D eigenvalue weighted by atomic mass is 10.0. The molecule has 3 nitrogen and oxygen atoms in total. The highest BCUT2D eigenvalue weighted by molar-refractivity contribution is 5.92. The Morgan fingerprint density at radius 2 is 1.69 bits per heavy atom. The molecule has 0 aliphatic rings. The van der Waals surface area contributed by atoms with E-state index in [0.717, 1.165) is 28.5 Å². The van der Waals surface area contributed by atoms with Gasteiger partial charge in [0.25, 0.3) is 0 Å². The number of amides is 1. The maximum absolute atomic E-state index is 13.6. The number of halogens is 3. The summed E-state index contributed by atoms with van der Waals surface area (Å²) in [5.41, 5.74) is 0.671. The third kappa shape index (κ3) is 3.86. The number of benzene rings is 3. The summed E-state index contributed by atoms with van der Waals surface area (Å²) in [5.74, 6) is -4.83. The highest BCUT2D eigenvalue weighted by Crippen LogP contribution is 2.21. The summed E-state index contributed by atoms with van der Waals surface area (Å²) in [4.78, 5) is 13.8. The van der Waals surface area contributed by atoms with E-state index in [0.29, 0.717) is 6.54 Å². The molecule has 26 heavy (non-hydrogen) atoms. The van der Waals surface area contributed by atoms with Crippen LogP contribution in [-0.2, 0) is 11.3 Å². The van der Waals surface area contributed by atoms with Crippen LogP contribution in [0.25, 0.3) is 10.8 Å². The van der Waals surface area contributed by atoms with Crippen LogP contribution in [0.15, 0.2) is 54.6 Å². The van der Waals surface area contributed by atoms with Crippen molar-refractivity contribution in [2.24, 2.45) is 0 Å². The van der Waals surface area contributed by atoms with Crippen molar-refractivity contribution >= 4 is 22.4 Å². The molecular weight excluding hydrogens is 341 g/mol. The summed E-state index contributed by atoms with van der Waals surface area (Å²) in [5, 5.41) is 4.46. The number of anilines is 1. The van der Waals surface area contributed by atoms with Gasteiger partial charge in [-0.25, -0.2) is 13.2 Å². The molecule has 0 atom stereocenters. The van der Waals surface area contributed by atoms with Crippen LogP contribution in [0, 0.1) is 17.5 Å². The minimum absolute atomic E-state index is 0.0261. The summed E-state index contributed by atoms with van der Waals surface area (Å²) in [6.45, 7) is 0.483. The van der Waals surface area contributed by atoms with Crippen molar-refractivity contribution in [2.75, 3.05) is 18.9 Å². The summed E-state index contributed by atoms with van der Waals surface area (Å²) in [7, 11) is 1.75. The maximum Gasteiger partial charge on any atom is 0.238 e. The SMILES string of the molecule is CN(CC(=O)Nc1ccc(F)c(F)c1F)Cc1cccc2ccccc12. The Labute approximate surface area is 149 Å². The minimum Gasteiger partial charge on any atom is -0.322 e. The molecule has 3 rings (SSSR count). The highest BCUT2D eigenvalue weighted by Gasteiger charge is 2.16. The molecule has 3 aromatic carbocycles. The summed E-state index contributed by atoms with van der Waals surface area (Å²) in [6.07, 6.45) is 0. The van der Waals surface area contributed by atoms with Crippen molar-refractivity contribution in [3.63, 3.8) is 0 Å². The summed E-state index contributed by atoms with van der Waals surface area (Å²) in [6, 6.07) is 15.6. The number of carbonyl (C=O) groups excluding carboxylic acids is 1. The van der Waals surface area contributed by atoms with E-state index < -0.39 is 23.4 Å². The fourth-order valence-electron chi connectivity index (χ4n) is 2.83. The molecule has 0 spiro atoms. The molecule has 0 fully saturated rings. The van der Waals surface area contributed by atoms with Gasteiger partial charge < -0.3 is 5.32 Å². The predicted octanol–water partition coefficient (Wildman–Crippen LogP) is 4.33. The van der Waals surface area contributed by atoms with E-state index in [-0.39, 0.29) is 12.2 Å². The number of carbonyl (C=O) groups is 1. The molecule has 0 radical (unpaired) electrons. The third-order valence-electron chi connectivity index (χ3n) is 4.04. The van der Waals surface area contributed by atoms with E-state index in [1.807, 2.05) is 42.5 Å². The average Bonchev–Trinajstić information content (AvgIpc) is 2.62. The van der Waals surface area contributed by atoms with Gasteiger partial charge in [0.05, 0.1) is 12.2 Å². The van der Waals surface area contributed by atoms with Crippen LogP contribution in [0.2, 0.25) is 0 Å². The van der Waals surface area contributed by atoms with Gasteiger partial charge in [-0.2, -0.15) is 0 Å².